The quantitative estimate of drug-likeness (QED) is 0.569. The zero-order valence-corrected chi connectivity index (χ0v) is 6.43. The maximum absolute atomic E-state index is 10.7. The summed E-state index contributed by atoms with van der Waals surface area (Å²) >= 11 is 0. The van der Waals surface area contributed by atoms with Crippen LogP contribution in [0.25, 0.3) is 0 Å². The molecule has 0 atom stereocenters. The van der Waals surface area contributed by atoms with Gasteiger partial charge in [0.1, 0.15) is 0 Å². The van der Waals surface area contributed by atoms with Crippen LogP contribution in [0.5, 0.6) is 0 Å². The molecule has 0 spiro atoms. The van der Waals surface area contributed by atoms with Gasteiger partial charge in [0.05, 0.1) is 4.90 Å². The van der Waals surface area contributed by atoms with Gasteiger partial charge in [0.25, 0.3) is 0 Å². The highest BCUT2D eigenvalue weighted by Gasteiger charge is 2.06. The topological polar surface area (TPSA) is 86.2 Å². The molecule has 0 amide bonds. The van der Waals surface area contributed by atoms with Crippen molar-refractivity contribution in [2.75, 3.05) is 5.73 Å². The molecule has 1 radical (unpaired) electrons. The van der Waals surface area contributed by atoms with E-state index in [4.69, 9.17) is 10.9 Å². The monoisotopic (exact) mass is 171 g/mol. The van der Waals surface area contributed by atoms with Gasteiger partial charge < -0.3 is 5.73 Å². The van der Waals surface area contributed by atoms with Crippen LogP contribution in [0.2, 0.25) is 0 Å². The van der Waals surface area contributed by atoms with Gasteiger partial charge in [0.15, 0.2) is 0 Å². The minimum absolute atomic E-state index is 0.0856. The summed E-state index contributed by atoms with van der Waals surface area (Å²) in [7, 11) is -3.66. The lowest BCUT2D eigenvalue weighted by molar-refractivity contribution is 0.597. The van der Waals surface area contributed by atoms with Crippen molar-refractivity contribution in [3.8, 4) is 0 Å². The van der Waals surface area contributed by atoms with Crippen LogP contribution in [0, 0.1) is 6.07 Å². The normalized spacial score (nSPS) is 11.4. The Bertz CT molecular complexity index is 359. The van der Waals surface area contributed by atoms with Crippen molar-refractivity contribution in [1.29, 1.82) is 0 Å². The Morgan fingerprint density at radius 1 is 1.45 bits per heavy atom. The molecule has 0 aromatic heterocycles. The summed E-state index contributed by atoms with van der Waals surface area (Å²) in [5.41, 5.74) is 5.67. The smallest absolute Gasteiger partial charge is 0.238 e. The van der Waals surface area contributed by atoms with Crippen LogP contribution in [0.15, 0.2) is 23.1 Å². The van der Waals surface area contributed by atoms with E-state index in [1.54, 1.807) is 0 Å². The van der Waals surface area contributed by atoms with E-state index in [0.717, 1.165) is 0 Å². The van der Waals surface area contributed by atoms with Gasteiger partial charge in [-0.25, -0.2) is 13.6 Å². The number of rotatable bonds is 1. The van der Waals surface area contributed by atoms with Gasteiger partial charge in [-0.3, -0.25) is 0 Å². The van der Waals surface area contributed by atoms with E-state index in [9.17, 15) is 8.42 Å². The molecule has 59 valence electrons. The van der Waals surface area contributed by atoms with Gasteiger partial charge in [-0.1, -0.05) is 6.07 Å². The maximum atomic E-state index is 10.7. The highest BCUT2D eigenvalue weighted by atomic mass is 32.2. The van der Waals surface area contributed by atoms with Crippen LogP contribution in [0.4, 0.5) is 5.69 Å². The largest absolute Gasteiger partial charge is 0.399 e. The Morgan fingerprint density at radius 2 is 2.09 bits per heavy atom. The number of anilines is 1. The minimum atomic E-state index is -3.66. The van der Waals surface area contributed by atoms with Crippen molar-refractivity contribution in [3.05, 3.63) is 24.3 Å². The van der Waals surface area contributed by atoms with Crippen LogP contribution in [-0.4, -0.2) is 8.42 Å². The molecule has 4 N–H and O–H groups in total. The van der Waals surface area contributed by atoms with Crippen LogP contribution in [0.3, 0.4) is 0 Å². The third-order valence-corrected chi connectivity index (χ3v) is 1.95. The second-order valence-corrected chi connectivity index (χ2v) is 3.56. The number of hydrogen-bond donors (Lipinski definition) is 2. The Balaban J connectivity index is 3.28. The standard InChI is InChI=1S/C6H7N2O2S/c7-5-2-1-3-6(4-5)11(8,9)10/h1-2,4H,7H2,(H2,8,9,10). The van der Waals surface area contributed by atoms with Gasteiger partial charge in [0, 0.05) is 11.8 Å². The number of nitrogen functional groups attached to an aromatic ring is 1. The molecule has 0 unspecified atom stereocenters. The average Bonchev–Trinajstić information content (AvgIpc) is 1.86. The lowest BCUT2D eigenvalue weighted by atomic mass is 10.3. The minimum Gasteiger partial charge on any atom is -0.399 e. The molecule has 0 bridgehead atoms. The average molecular weight is 171 g/mol. The third kappa shape index (κ3) is 1.92. The molecule has 5 heteroatoms. The number of nitrogens with two attached hydrogens (primary N) is 2. The fourth-order valence-corrected chi connectivity index (χ4v) is 1.16. The van der Waals surface area contributed by atoms with E-state index in [-0.39, 0.29) is 4.90 Å². The van der Waals surface area contributed by atoms with E-state index in [0.29, 0.717) is 5.69 Å². The Morgan fingerprint density at radius 3 is 2.45 bits per heavy atom. The van der Waals surface area contributed by atoms with Crippen LogP contribution in [-0.2, 0) is 10.0 Å². The summed E-state index contributed by atoms with van der Waals surface area (Å²) in [4.78, 5) is -0.0856. The van der Waals surface area contributed by atoms with Crippen molar-refractivity contribution in [1.82, 2.24) is 0 Å². The first kappa shape index (κ1) is 8.03. The Kier molecular flexibility index (Phi) is 1.84. The SMILES string of the molecule is Nc1cc[c]c(S(N)(=O)=O)c1. The molecule has 4 nitrogen and oxygen atoms in total. The van der Waals surface area contributed by atoms with E-state index < -0.39 is 10.0 Å². The first-order chi connectivity index (χ1) is 5.00. The second kappa shape index (κ2) is 2.52. The zero-order chi connectivity index (χ0) is 8.48. The number of hydrogen-bond acceptors (Lipinski definition) is 3. The van der Waals surface area contributed by atoms with Gasteiger partial charge in [-0.05, 0) is 12.1 Å². The summed E-state index contributed by atoms with van der Waals surface area (Å²) < 4.78 is 21.4. The van der Waals surface area contributed by atoms with Crippen molar-refractivity contribution in [2.45, 2.75) is 4.90 Å². The number of sulfonamides is 1. The fourth-order valence-electron chi connectivity index (χ4n) is 0.625. The Hall–Kier alpha value is -1.07. The van der Waals surface area contributed by atoms with Crippen molar-refractivity contribution < 1.29 is 8.42 Å². The molecule has 0 saturated heterocycles. The molecule has 11 heavy (non-hydrogen) atoms. The van der Waals surface area contributed by atoms with Gasteiger partial charge in [-0.2, -0.15) is 0 Å². The molecule has 1 aromatic carbocycles. The van der Waals surface area contributed by atoms with E-state index in [1.165, 1.54) is 18.2 Å². The molecule has 0 saturated carbocycles. The fraction of sp³-hybridized carbons (Fsp3) is 0. The summed E-state index contributed by atoms with van der Waals surface area (Å²) in [6.45, 7) is 0. The van der Waals surface area contributed by atoms with Crippen LogP contribution >= 0.6 is 0 Å². The first-order valence-corrected chi connectivity index (χ1v) is 4.35. The van der Waals surface area contributed by atoms with E-state index in [1.807, 2.05) is 0 Å². The molecule has 0 aliphatic carbocycles. The van der Waals surface area contributed by atoms with Crippen molar-refractivity contribution in [2.24, 2.45) is 5.14 Å². The molecule has 1 aromatic rings. The summed E-state index contributed by atoms with van der Waals surface area (Å²) in [6, 6.07) is 6.66. The van der Waals surface area contributed by atoms with Crippen molar-refractivity contribution >= 4 is 15.7 Å². The highest BCUT2D eigenvalue weighted by Crippen LogP contribution is 2.09. The first-order valence-electron chi connectivity index (χ1n) is 2.80. The predicted molar refractivity (Wildman–Crippen MR) is 41.1 cm³/mol. The summed E-state index contributed by atoms with van der Waals surface area (Å²) in [6.07, 6.45) is 0. The molecular formula is C6H7N2O2S. The predicted octanol–water partition coefficient (Wildman–Crippen LogP) is -0.284. The lowest BCUT2D eigenvalue weighted by Gasteiger charge is -1.96. The summed E-state index contributed by atoms with van der Waals surface area (Å²) in [5.74, 6) is 0. The van der Waals surface area contributed by atoms with Gasteiger partial charge >= 0.3 is 0 Å². The maximum Gasteiger partial charge on any atom is 0.238 e. The molecular weight excluding hydrogens is 164 g/mol. The zero-order valence-electron chi connectivity index (χ0n) is 5.61. The third-order valence-electron chi connectivity index (χ3n) is 1.11. The molecule has 0 heterocycles. The molecule has 1 rings (SSSR count). The number of benzene rings is 1. The summed E-state index contributed by atoms with van der Waals surface area (Å²) in [5, 5.41) is 4.81. The Labute approximate surface area is 64.9 Å². The number of primary sulfonamides is 1. The van der Waals surface area contributed by atoms with E-state index in [2.05, 4.69) is 6.07 Å². The van der Waals surface area contributed by atoms with Gasteiger partial charge in [-0.15, -0.1) is 0 Å². The van der Waals surface area contributed by atoms with Crippen LogP contribution in [0.1, 0.15) is 0 Å². The van der Waals surface area contributed by atoms with Gasteiger partial charge in [0.2, 0.25) is 10.0 Å². The second-order valence-electron chi connectivity index (χ2n) is 2.03. The lowest BCUT2D eigenvalue weighted by Crippen LogP contribution is -2.12. The highest BCUT2D eigenvalue weighted by molar-refractivity contribution is 7.89. The molecule has 0 aliphatic rings. The molecule has 0 aliphatic heterocycles. The van der Waals surface area contributed by atoms with E-state index >= 15 is 0 Å². The van der Waals surface area contributed by atoms with Crippen molar-refractivity contribution in [3.63, 3.8) is 0 Å². The van der Waals surface area contributed by atoms with Crippen LogP contribution < -0.4 is 10.9 Å². The molecule has 0 fully saturated rings.